The van der Waals surface area contributed by atoms with Gasteiger partial charge in [0.05, 0.1) is 23.1 Å². The number of aromatic nitrogens is 4. The number of nitrogens with zero attached hydrogens (tertiary/aromatic N) is 6. The molecule has 0 unspecified atom stereocenters. The van der Waals surface area contributed by atoms with Crippen molar-refractivity contribution in [3.63, 3.8) is 0 Å². The summed E-state index contributed by atoms with van der Waals surface area (Å²) >= 11 is 3.59. The number of rotatable bonds is 4. The van der Waals surface area contributed by atoms with Gasteiger partial charge in [-0.2, -0.15) is 0 Å². The molecular formula is C26H23BrN6. The average Bonchev–Trinajstić information content (AvgIpc) is 3.32. The number of pyridine rings is 1. The smallest absolute Gasteiger partial charge is 0.137 e. The molecule has 3 heterocycles. The standard InChI is InChI=1S/C26H23BrN6/c27-23-10-4-6-12-25(23)33-18-19(29-30-33)17-31-13-15-32(16-14-31)26-22-9-2-1-7-20(22)21-8-3-5-11-24(21)28-26/h1-12,18H,13-17H2. The van der Waals surface area contributed by atoms with E-state index in [-0.39, 0.29) is 0 Å². The molecule has 0 spiro atoms. The third-order valence-corrected chi connectivity index (χ3v) is 6.96. The Morgan fingerprint density at radius 1 is 0.758 bits per heavy atom. The van der Waals surface area contributed by atoms with Crippen LogP contribution in [0.3, 0.4) is 0 Å². The summed E-state index contributed by atoms with van der Waals surface area (Å²) in [5.41, 5.74) is 3.03. The predicted octanol–water partition coefficient (Wildman–Crippen LogP) is 5.05. The molecule has 7 heteroatoms. The first kappa shape index (κ1) is 20.3. The summed E-state index contributed by atoms with van der Waals surface area (Å²) < 4.78 is 2.84. The number of halogens is 1. The number of anilines is 1. The summed E-state index contributed by atoms with van der Waals surface area (Å²) in [7, 11) is 0. The first-order chi connectivity index (χ1) is 16.3. The van der Waals surface area contributed by atoms with Crippen LogP contribution in [0.15, 0.2) is 83.5 Å². The molecule has 0 N–H and O–H groups in total. The number of piperazine rings is 1. The lowest BCUT2D eigenvalue weighted by Crippen LogP contribution is -2.46. The van der Waals surface area contributed by atoms with Crippen molar-refractivity contribution in [3.05, 3.63) is 89.2 Å². The van der Waals surface area contributed by atoms with Crippen LogP contribution in [0.4, 0.5) is 5.82 Å². The fourth-order valence-corrected chi connectivity index (χ4v) is 5.07. The lowest BCUT2D eigenvalue weighted by atomic mass is 10.1. The van der Waals surface area contributed by atoms with Crippen molar-refractivity contribution in [2.45, 2.75) is 6.54 Å². The first-order valence-corrected chi connectivity index (χ1v) is 12.0. The largest absolute Gasteiger partial charge is 0.354 e. The van der Waals surface area contributed by atoms with Crippen LogP contribution in [0, 0.1) is 0 Å². The second kappa shape index (κ2) is 8.57. The summed E-state index contributed by atoms with van der Waals surface area (Å²) in [4.78, 5) is 9.92. The Bertz CT molecular complexity index is 1440. The zero-order valence-electron chi connectivity index (χ0n) is 18.1. The molecule has 0 radical (unpaired) electrons. The van der Waals surface area contributed by atoms with E-state index in [1.165, 1.54) is 16.2 Å². The maximum atomic E-state index is 5.06. The predicted molar refractivity (Wildman–Crippen MR) is 136 cm³/mol. The summed E-state index contributed by atoms with van der Waals surface area (Å²) in [6, 6.07) is 25.1. The van der Waals surface area contributed by atoms with Crippen molar-refractivity contribution in [1.29, 1.82) is 0 Å². The quantitative estimate of drug-likeness (QED) is 0.324. The van der Waals surface area contributed by atoms with Crippen LogP contribution in [0.1, 0.15) is 5.69 Å². The van der Waals surface area contributed by atoms with Gasteiger partial charge in [-0.3, -0.25) is 4.90 Å². The van der Waals surface area contributed by atoms with Gasteiger partial charge in [0.25, 0.3) is 0 Å². The normalized spacial score (nSPS) is 14.9. The van der Waals surface area contributed by atoms with Gasteiger partial charge in [0.1, 0.15) is 5.82 Å². The van der Waals surface area contributed by atoms with E-state index in [1.807, 2.05) is 35.1 Å². The van der Waals surface area contributed by atoms with E-state index < -0.39 is 0 Å². The molecule has 0 saturated carbocycles. The molecule has 1 aliphatic rings. The minimum Gasteiger partial charge on any atom is -0.354 e. The molecule has 1 aliphatic heterocycles. The van der Waals surface area contributed by atoms with Crippen LogP contribution in [0.2, 0.25) is 0 Å². The van der Waals surface area contributed by atoms with E-state index in [2.05, 4.69) is 84.6 Å². The number of hydrogen-bond acceptors (Lipinski definition) is 5. The van der Waals surface area contributed by atoms with Crippen molar-refractivity contribution in [2.75, 3.05) is 31.1 Å². The number of fused-ring (bicyclic) bond motifs is 3. The van der Waals surface area contributed by atoms with Crippen molar-refractivity contribution in [1.82, 2.24) is 24.9 Å². The molecule has 0 amide bonds. The molecular weight excluding hydrogens is 476 g/mol. The van der Waals surface area contributed by atoms with E-state index in [0.29, 0.717) is 0 Å². The summed E-state index contributed by atoms with van der Waals surface area (Å²) in [6.07, 6.45) is 2.02. The second-order valence-electron chi connectivity index (χ2n) is 8.37. The minimum atomic E-state index is 0.796. The van der Waals surface area contributed by atoms with Crippen molar-refractivity contribution in [2.24, 2.45) is 0 Å². The topological polar surface area (TPSA) is 50.1 Å². The van der Waals surface area contributed by atoms with Gasteiger partial charge in [0.2, 0.25) is 0 Å². The lowest BCUT2D eigenvalue weighted by Gasteiger charge is -2.35. The molecule has 0 bridgehead atoms. The third kappa shape index (κ3) is 3.87. The van der Waals surface area contributed by atoms with E-state index in [9.17, 15) is 0 Å². The fraction of sp³-hybridized carbons (Fsp3) is 0.192. The van der Waals surface area contributed by atoms with Gasteiger partial charge < -0.3 is 4.90 Å². The Morgan fingerprint density at radius 2 is 1.45 bits per heavy atom. The fourth-order valence-electron chi connectivity index (χ4n) is 4.60. The monoisotopic (exact) mass is 498 g/mol. The SMILES string of the molecule is Brc1ccccc1-n1cc(CN2CCN(c3nc4ccccc4c4ccccc34)CC2)nn1. The Hall–Kier alpha value is -3.29. The highest BCUT2D eigenvalue weighted by molar-refractivity contribution is 9.10. The van der Waals surface area contributed by atoms with E-state index in [4.69, 9.17) is 4.98 Å². The molecule has 6 rings (SSSR count). The Kier molecular flexibility index (Phi) is 5.28. The van der Waals surface area contributed by atoms with Gasteiger partial charge in [0, 0.05) is 48.0 Å². The zero-order chi connectivity index (χ0) is 22.2. The Balaban J connectivity index is 1.19. The maximum absolute atomic E-state index is 5.06. The Morgan fingerprint density at radius 3 is 2.27 bits per heavy atom. The highest BCUT2D eigenvalue weighted by Crippen LogP contribution is 2.31. The first-order valence-electron chi connectivity index (χ1n) is 11.2. The highest BCUT2D eigenvalue weighted by atomic mass is 79.9. The van der Waals surface area contributed by atoms with Crippen molar-refractivity contribution in [3.8, 4) is 5.69 Å². The van der Waals surface area contributed by atoms with Crippen LogP contribution in [-0.4, -0.2) is 51.1 Å². The van der Waals surface area contributed by atoms with E-state index in [0.717, 1.165) is 59.9 Å². The van der Waals surface area contributed by atoms with Crippen LogP contribution < -0.4 is 4.90 Å². The Labute approximate surface area is 200 Å². The van der Waals surface area contributed by atoms with Gasteiger partial charge in [-0.05, 0) is 39.5 Å². The van der Waals surface area contributed by atoms with Crippen LogP contribution in [0.25, 0.3) is 27.4 Å². The van der Waals surface area contributed by atoms with E-state index in [1.54, 1.807) is 0 Å². The minimum absolute atomic E-state index is 0.796. The number of para-hydroxylation sites is 2. The molecule has 6 nitrogen and oxygen atoms in total. The van der Waals surface area contributed by atoms with Gasteiger partial charge in [0.15, 0.2) is 0 Å². The number of benzene rings is 3. The van der Waals surface area contributed by atoms with Crippen molar-refractivity contribution >= 4 is 43.4 Å². The molecule has 33 heavy (non-hydrogen) atoms. The van der Waals surface area contributed by atoms with Crippen molar-refractivity contribution < 1.29 is 0 Å². The summed E-state index contributed by atoms with van der Waals surface area (Å²) in [5, 5.41) is 12.4. The lowest BCUT2D eigenvalue weighted by molar-refractivity contribution is 0.246. The summed E-state index contributed by atoms with van der Waals surface area (Å²) in [5.74, 6) is 1.09. The molecule has 2 aromatic heterocycles. The molecule has 1 fully saturated rings. The van der Waals surface area contributed by atoms with Gasteiger partial charge >= 0.3 is 0 Å². The van der Waals surface area contributed by atoms with E-state index >= 15 is 0 Å². The molecule has 3 aromatic carbocycles. The molecule has 5 aromatic rings. The molecule has 0 aliphatic carbocycles. The van der Waals surface area contributed by atoms with Gasteiger partial charge in [-0.15, -0.1) is 5.10 Å². The highest BCUT2D eigenvalue weighted by Gasteiger charge is 2.21. The van der Waals surface area contributed by atoms with Crippen LogP contribution in [0.5, 0.6) is 0 Å². The van der Waals surface area contributed by atoms with Crippen LogP contribution in [-0.2, 0) is 6.54 Å². The van der Waals surface area contributed by atoms with Gasteiger partial charge in [-0.25, -0.2) is 9.67 Å². The number of hydrogen-bond donors (Lipinski definition) is 0. The molecule has 164 valence electrons. The maximum Gasteiger partial charge on any atom is 0.137 e. The van der Waals surface area contributed by atoms with Crippen LogP contribution >= 0.6 is 15.9 Å². The molecule has 0 atom stereocenters. The third-order valence-electron chi connectivity index (χ3n) is 6.29. The average molecular weight is 499 g/mol. The summed E-state index contributed by atoms with van der Waals surface area (Å²) in [6.45, 7) is 4.60. The van der Waals surface area contributed by atoms with Gasteiger partial charge in [-0.1, -0.05) is 59.8 Å². The second-order valence-corrected chi connectivity index (χ2v) is 9.22. The molecule has 1 saturated heterocycles. The zero-order valence-corrected chi connectivity index (χ0v) is 19.7.